The van der Waals surface area contributed by atoms with E-state index in [0.717, 1.165) is 16.5 Å². The highest BCUT2D eigenvalue weighted by atomic mass is 32.2. The van der Waals surface area contributed by atoms with Crippen molar-refractivity contribution in [1.82, 2.24) is 9.29 Å². The van der Waals surface area contributed by atoms with Crippen molar-refractivity contribution in [3.63, 3.8) is 0 Å². The van der Waals surface area contributed by atoms with Crippen LogP contribution in [0.1, 0.15) is 23.7 Å². The van der Waals surface area contributed by atoms with Gasteiger partial charge in [-0.25, -0.2) is 12.4 Å². The van der Waals surface area contributed by atoms with E-state index in [1.807, 2.05) is 13.0 Å². The molecule has 0 aliphatic heterocycles. The van der Waals surface area contributed by atoms with Crippen LogP contribution in [0.2, 0.25) is 0 Å². The molecule has 0 bridgehead atoms. The topological polar surface area (TPSA) is 77.4 Å². The minimum atomic E-state index is -3.76. The van der Waals surface area contributed by atoms with Gasteiger partial charge in [-0.3, -0.25) is 4.79 Å². The Bertz CT molecular complexity index is 1130. The maximum atomic E-state index is 13.4. The molecule has 0 unspecified atom stereocenters. The molecule has 1 heterocycles. The first kappa shape index (κ1) is 19.9. The van der Waals surface area contributed by atoms with Gasteiger partial charge in [-0.2, -0.15) is 0 Å². The van der Waals surface area contributed by atoms with Gasteiger partial charge in [0.05, 0.1) is 17.5 Å². The number of aromatic nitrogens is 1. The Morgan fingerprint density at radius 1 is 1.11 bits per heavy atom. The van der Waals surface area contributed by atoms with Crippen molar-refractivity contribution >= 4 is 26.8 Å². The minimum Gasteiger partial charge on any atom is -0.497 e. The predicted molar refractivity (Wildman–Crippen MR) is 109 cm³/mol. The van der Waals surface area contributed by atoms with Crippen LogP contribution in [-0.2, 0) is 21.2 Å². The first-order chi connectivity index (χ1) is 13.3. The Morgan fingerprint density at radius 3 is 2.39 bits per heavy atom. The number of nitrogens with zero attached hydrogens (tertiary/aromatic N) is 1. The van der Waals surface area contributed by atoms with Gasteiger partial charge in [0.1, 0.15) is 5.75 Å². The molecule has 1 aromatic heterocycles. The zero-order chi connectivity index (χ0) is 20.5. The third kappa shape index (κ3) is 3.62. The molecule has 0 aliphatic rings. The monoisotopic (exact) mass is 400 g/mol. The summed E-state index contributed by atoms with van der Waals surface area (Å²) >= 11 is 0. The molecule has 0 fully saturated rings. The molecule has 148 valence electrons. The molecule has 28 heavy (non-hydrogen) atoms. The third-order valence-electron chi connectivity index (χ3n) is 4.80. The number of rotatable bonds is 6. The van der Waals surface area contributed by atoms with Crippen molar-refractivity contribution in [2.45, 2.75) is 32.1 Å². The van der Waals surface area contributed by atoms with Crippen molar-refractivity contribution in [3.05, 3.63) is 59.3 Å². The lowest BCUT2D eigenvalue weighted by atomic mass is 10.1. The van der Waals surface area contributed by atoms with Crippen LogP contribution in [0, 0.1) is 13.8 Å². The number of benzene rings is 2. The fourth-order valence-electron chi connectivity index (χ4n) is 3.36. The van der Waals surface area contributed by atoms with Crippen LogP contribution >= 0.6 is 0 Å². The van der Waals surface area contributed by atoms with E-state index in [9.17, 15) is 13.2 Å². The molecule has 1 N–H and O–H groups in total. The second-order valence-corrected chi connectivity index (χ2v) is 8.55. The first-order valence-electron chi connectivity index (χ1n) is 9.00. The van der Waals surface area contributed by atoms with Gasteiger partial charge >= 0.3 is 0 Å². The molecular formula is C21H24N2O4S. The molecule has 0 aliphatic carbocycles. The number of aryl methyl sites for hydroxylation is 1. The summed E-state index contributed by atoms with van der Waals surface area (Å²) in [7, 11) is -2.19. The summed E-state index contributed by atoms with van der Waals surface area (Å²) in [5.41, 5.74) is 3.10. The molecular weight excluding hydrogens is 376 g/mol. The maximum absolute atomic E-state index is 13.4. The molecule has 1 amide bonds. The zero-order valence-electron chi connectivity index (χ0n) is 16.4. The van der Waals surface area contributed by atoms with E-state index in [4.69, 9.17) is 4.74 Å². The first-order valence-corrected chi connectivity index (χ1v) is 10.4. The van der Waals surface area contributed by atoms with Crippen LogP contribution in [0.4, 0.5) is 0 Å². The van der Waals surface area contributed by atoms with Crippen molar-refractivity contribution in [1.29, 1.82) is 0 Å². The van der Waals surface area contributed by atoms with E-state index in [1.165, 1.54) is 10.9 Å². The summed E-state index contributed by atoms with van der Waals surface area (Å²) < 4.78 is 33.5. The number of methoxy groups -OCH3 is 1. The van der Waals surface area contributed by atoms with Crippen LogP contribution in [0.3, 0.4) is 0 Å². The van der Waals surface area contributed by atoms with Crippen molar-refractivity contribution < 1.29 is 17.9 Å². The third-order valence-corrected chi connectivity index (χ3v) is 6.62. The van der Waals surface area contributed by atoms with Gasteiger partial charge in [0.2, 0.25) is 5.91 Å². The summed E-state index contributed by atoms with van der Waals surface area (Å²) in [5, 5.41) is 3.58. The summed E-state index contributed by atoms with van der Waals surface area (Å²) in [5.74, 6) is 0.532. The molecule has 0 saturated heterocycles. The summed E-state index contributed by atoms with van der Waals surface area (Å²) in [6.07, 6.45) is 0.519. The number of hydrogen-bond donors (Lipinski definition) is 1. The Balaban J connectivity index is 2.20. The average molecular weight is 401 g/mol. The normalized spacial score (nSPS) is 11.6. The minimum absolute atomic E-state index is 0.119. The Hall–Kier alpha value is -2.80. The Kier molecular flexibility index (Phi) is 5.47. The Morgan fingerprint density at radius 2 is 1.79 bits per heavy atom. The van der Waals surface area contributed by atoms with Gasteiger partial charge in [-0.1, -0.05) is 17.7 Å². The molecule has 3 rings (SSSR count). The van der Waals surface area contributed by atoms with Crippen LogP contribution in [0.15, 0.2) is 47.4 Å². The maximum Gasteiger partial charge on any atom is 0.268 e. The van der Waals surface area contributed by atoms with E-state index >= 15 is 0 Å². The van der Waals surface area contributed by atoms with Crippen LogP contribution in [0.25, 0.3) is 10.9 Å². The molecule has 0 spiro atoms. The van der Waals surface area contributed by atoms with E-state index in [-0.39, 0.29) is 10.8 Å². The highest BCUT2D eigenvalue weighted by Gasteiger charge is 2.25. The van der Waals surface area contributed by atoms with E-state index in [1.54, 1.807) is 50.4 Å². The fourth-order valence-corrected chi connectivity index (χ4v) is 4.94. The van der Waals surface area contributed by atoms with Gasteiger partial charge in [0.15, 0.2) is 0 Å². The summed E-state index contributed by atoms with van der Waals surface area (Å²) in [6, 6.07) is 12.2. The number of fused-ring (bicyclic) bond motifs is 1. The quantitative estimate of drug-likeness (QED) is 0.689. The van der Waals surface area contributed by atoms with Gasteiger partial charge in [0, 0.05) is 24.5 Å². The lowest BCUT2D eigenvalue weighted by molar-refractivity contribution is -0.118. The van der Waals surface area contributed by atoms with Gasteiger partial charge < -0.3 is 10.1 Å². The number of carbonyl (C=O) groups excluding carboxylic acids is 1. The molecule has 3 aromatic rings. The van der Waals surface area contributed by atoms with E-state index < -0.39 is 10.0 Å². The molecule has 0 radical (unpaired) electrons. The molecule has 7 heteroatoms. The number of amides is 1. The lowest BCUT2D eigenvalue weighted by Gasteiger charge is -2.11. The highest BCUT2D eigenvalue weighted by Crippen LogP contribution is 2.32. The largest absolute Gasteiger partial charge is 0.497 e. The van der Waals surface area contributed by atoms with Gasteiger partial charge in [-0.15, -0.1) is 0 Å². The van der Waals surface area contributed by atoms with Crippen LogP contribution in [0.5, 0.6) is 5.75 Å². The van der Waals surface area contributed by atoms with Crippen molar-refractivity contribution in [2.75, 3.05) is 13.7 Å². The standard InChI is InChI=1S/C21H24N2O4S/c1-14-5-8-18(9-6-14)28(25,26)23-15(2)19(11-12-22-16(3)24)20-13-17(27-4)7-10-21(20)23/h5-10,13H,11-12H2,1-4H3,(H,22,24). The van der Waals surface area contributed by atoms with Crippen LogP contribution in [-0.4, -0.2) is 32.0 Å². The Labute approximate surface area is 165 Å². The second kappa shape index (κ2) is 7.67. The van der Waals surface area contributed by atoms with Crippen molar-refractivity contribution in [2.24, 2.45) is 0 Å². The van der Waals surface area contributed by atoms with E-state index in [0.29, 0.717) is 29.9 Å². The summed E-state index contributed by atoms with van der Waals surface area (Å²) in [6.45, 7) is 5.60. The lowest BCUT2D eigenvalue weighted by Crippen LogP contribution is -2.22. The van der Waals surface area contributed by atoms with Gasteiger partial charge in [-0.05, 0) is 56.2 Å². The number of nitrogens with one attached hydrogen (secondary N) is 1. The number of ether oxygens (including phenoxy) is 1. The fraction of sp³-hybridized carbons (Fsp3) is 0.286. The average Bonchev–Trinajstić information content (AvgIpc) is 2.93. The van der Waals surface area contributed by atoms with Gasteiger partial charge in [0.25, 0.3) is 10.0 Å². The van der Waals surface area contributed by atoms with Crippen molar-refractivity contribution in [3.8, 4) is 5.75 Å². The zero-order valence-corrected chi connectivity index (χ0v) is 17.3. The molecule has 2 aromatic carbocycles. The SMILES string of the molecule is COc1ccc2c(c1)c(CCNC(C)=O)c(C)n2S(=O)(=O)c1ccc(C)cc1. The summed E-state index contributed by atoms with van der Waals surface area (Å²) in [4.78, 5) is 11.5. The highest BCUT2D eigenvalue weighted by molar-refractivity contribution is 7.90. The predicted octanol–water partition coefficient (Wildman–Crippen LogP) is 3.18. The second-order valence-electron chi connectivity index (χ2n) is 6.76. The smallest absolute Gasteiger partial charge is 0.268 e. The van der Waals surface area contributed by atoms with Crippen LogP contribution < -0.4 is 10.1 Å². The molecule has 6 nitrogen and oxygen atoms in total. The number of carbonyl (C=O) groups is 1. The molecule has 0 saturated carbocycles. The molecule has 0 atom stereocenters. The number of hydrogen-bond acceptors (Lipinski definition) is 4. The van der Waals surface area contributed by atoms with E-state index in [2.05, 4.69) is 5.32 Å².